The van der Waals surface area contributed by atoms with Gasteiger partial charge in [-0.1, -0.05) is 0 Å². The fourth-order valence-corrected chi connectivity index (χ4v) is 3.67. The first kappa shape index (κ1) is 20.6. The molecule has 0 fully saturated rings. The highest BCUT2D eigenvalue weighted by molar-refractivity contribution is 5.94. The third-order valence-corrected chi connectivity index (χ3v) is 5.49. The number of amides is 1. The molecule has 0 N–H and O–H groups in total. The number of carbonyl (C=O) groups is 1. The van der Waals surface area contributed by atoms with Crippen LogP contribution in [0.4, 0.5) is 0 Å². The third kappa shape index (κ3) is 4.52. The fraction of sp³-hybridized carbons (Fsp3) is 0.208. The lowest BCUT2D eigenvalue weighted by atomic mass is 10.0. The van der Waals surface area contributed by atoms with Gasteiger partial charge in [0.25, 0.3) is 5.91 Å². The molecule has 33 heavy (non-hydrogen) atoms. The van der Waals surface area contributed by atoms with Crippen molar-refractivity contribution < 1.29 is 14.3 Å². The van der Waals surface area contributed by atoms with Gasteiger partial charge < -0.3 is 14.4 Å². The number of hydrogen-bond donors (Lipinski definition) is 0. The van der Waals surface area contributed by atoms with Gasteiger partial charge >= 0.3 is 0 Å². The Morgan fingerprint density at radius 1 is 1.06 bits per heavy atom. The molecule has 0 unspecified atom stereocenters. The van der Waals surface area contributed by atoms with E-state index in [1.165, 1.54) is 0 Å². The van der Waals surface area contributed by atoms with E-state index in [0.29, 0.717) is 49.0 Å². The average molecular weight is 442 g/mol. The summed E-state index contributed by atoms with van der Waals surface area (Å²) < 4.78 is 12.8. The Morgan fingerprint density at radius 3 is 2.70 bits per heavy atom. The van der Waals surface area contributed by atoms with Gasteiger partial charge in [-0.25, -0.2) is 9.97 Å². The number of fused-ring (bicyclic) bond motifs is 1. The average Bonchev–Trinajstić information content (AvgIpc) is 3.42. The zero-order valence-electron chi connectivity index (χ0n) is 18.1. The number of rotatable bonds is 6. The summed E-state index contributed by atoms with van der Waals surface area (Å²) in [5.74, 6) is 2.00. The Balaban J connectivity index is 1.25. The second kappa shape index (κ2) is 9.07. The predicted molar refractivity (Wildman–Crippen MR) is 119 cm³/mol. The monoisotopic (exact) mass is 442 g/mol. The third-order valence-electron chi connectivity index (χ3n) is 5.49. The molecule has 0 saturated carbocycles. The summed E-state index contributed by atoms with van der Waals surface area (Å²) >= 11 is 0. The minimum absolute atomic E-state index is 0.0564. The SMILES string of the molecule is COc1ccc(COc2cnc3c(c2)CN(C(=O)c2ccc(-n4ccnc4)nc2)CC3)nc1. The summed E-state index contributed by atoms with van der Waals surface area (Å²) in [4.78, 5) is 32.1. The van der Waals surface area contributed by atoms with Crippen LogP contribution in [0.2, 0.25) is 0 Å². The van der Waals surface area contributed by atoms with Crippen LogP contribution in [0.3, 0.4) is 0 Å². The van der Waals surface area contributed by atoms with E-state index in [0.717, 1.165) is 17.0 Å². The minimum atomic E-state index is -0.0564. The predicted octanol–water partition coefficient (Wildman–Crippen LogP) is 2.84. The minimum Gasteiger partial charge on any atom is -0.495 e. The molecule has 0 saturated heterocycles. The van der Waals surface area contributed by atoms with Gasteiger partial charge in [0, 0.05) is 43.8 Å². The maximum Gasteiger partial charge on any atom is 0.255 e. The van der Waals surface area contributed by atoms with E-state index in [1.54, 1.807) is 48.9 Å². The van der Waals surface area contributed by atoms with E-state index in [4.69, 9.17) is 9.47 Å². The molecule has 166 valence electrons. The smallest absolute Gasteiger partial charge is 0.255 e. The summed E-state index contributed by atoms with van der Waals surface area (Å²) in [5.41, 5.74) is 3.31. The van der Waals surface area contributed by atoms with Crippen molar-refractivity contribution in [2.75, 3.05) is 13.7 Å². The fourth-order valence-electron chi connectivity index (χ4n) is 3.67. The summed E-state index contributed by atoms with van der Waals surface area (Å²) in [6, 6.07) is 9.26. The molecule has 5 rings (SSSR count). The van der Waals surface area contributed by atoms with E-state index >= 15 is 0 Å². The molecule has 9 nitrogen and oxygen atoms in total. The van der Waals surface area contributed by atoms with Gasteiger partial charge in [0.15, 0.2) is 0 Å². The summed E-state index contributed by atoms with van der Waals surface area (Å²) in [5, 5.41) is 0. The van der Waals surface area contributed by atoms with Gasteiger partial charge in [0.2, 0.25) is 0 Å². The molecule has 4 aromatic rings. The van der Waals surface area contributed by atoms with Crippen LogP contribution in [0.25, 0.3) is 5.82 Å². The maximum absolute atomic E-state index is 13.1. The topological polar surface area (TPSA) is 95.3 Å². The number of pyridine rings is 3. The molecule has 0 spiro atoms. The van der Waals surface area contributed by atoms with Crippen LogP contribution in [0.5, 0.6) is 11.5 Å². The lowest BCUT2D eigenvalue weighted by molar-refractivity contribution is 0.0732. The molecule has 5 heterocycles. The molecular weight excluding hydrogens is 420 g/mol. The number of imidazole rings is 1. The van der Waals surface area contributed by atoms with E-state index in [1.807, 2.05) is 35.4 Å². The molecule has 0 bridgehead atoms. The molecule has 1 amide bonds. The Bertz CT molecular complexity index is 1240. The molecule has 1 aliphatic heterocycles. The van der Waals surface area contributed by atoms with Gasteiger partial charge in [-0.15, -0.1) is 0 Å². The Hall–Kier alpha value is -4.27. The molecule has 4 aromatic heterocycles. The van der Waals surface area contributed by atoms with Gasteiger partial charge in [-0.2, -0.15) is 0 Å². The molecule has 0 aromatic carbocycles. The first-order valence-electron chi connectivity index (χ1n) is 10.5. The Kier molecular flexibility index (Phi) is 5.67. The van der Waals surface area contributed by atoms with E-state index in [-0.39, 0.29) is 5.91 Å². The molecule has 0 aliphatic carbocycles. The molecule has 0 radical (unpaired) electrons. The van der Waals surface area contributed by atoms with Crippen LogP contribution in [0.1, 0.15) is 27.3 Å². The molecule has 0 atom stereocenters. The normalized spacial score (nSPS) is 12.8. The highest BCUT2D eigenvalue weighted by Gasteiger charge is 2.23. The largest absolute Gasteiger partial charge is 0.495 e. The van der Waals surface area contributed by atoms with Crippen molar-refractivity contribution in [1.29, 1.82) is 0 Å². The van der Waals surface area contributed by atoms with Crippen molar-refractivity contribution in [3.05, 3.63) is 90.2 Å². The van der Waals surface area contributed by atoms with Crippen LogP contribution >= 0.6 is 0 Å². The maximum atomic E-state index is 13.1. The van der Waals surface area contributed by atoms with Gasteiger partial charge in [0.05, 0.1) is 30.8 Å². The van der Waals surface area contributed by atoms with Crippen molar-refractivity contribution >= 4 is 5.91 Å². The van der Waals surface area contributed by atoms with Crippen molar-refractivity contribution in [2.45, 2.75) is 19.6 Å². The zero-order chi connectivity index (χ0) is 22.6. The van der Waals surface area contributed by atoms with Crippen LogP contribution in [-0.4, -0.2) is 49.0 Å². The molecule has 9 heteroatoms. The Labute approximate surface area is 190 Å². The number of hydrogen-bond acceptors (Lipinski definition) is 7. The number of methoxy groups -OCH3 is 1. The first-order valence-corrected chi connectivity index (χ1v) is 10.5. The molecule has 1 aliphatic rings. The van der Waals surface area contributed by atoms with E-state index < -0.39 is 0 Å². The lowest BCUT2D eigenvalue weighted by Gasteiger charge is -2.28. The van der Waals surface area contributed by atoms with Gasteiger partial charge in [-0.05, 0) is 35.9 Å². The number of aromatic nitrogens is 5. The van der Waals surface area contributed by atoms with Crippen LogP contribution in [-0.2, 0) is 19.6 Å². The summed E-state index contributed by atoms with van der Waals surface area (Å²) in [6.07, 6.45) is 10.8. The highest BCUT2D eigenvalue weighted by Crippen LogP contribution is 2.23. The summed E-state index contributed by atoms with van der Waals surface area (Å²) in [7, 11) is 1.60. The van der Waals surface area contributed by atoms with Crippen molar-refractivity contribution in [3.8, 4) is 17.3 Å². The van der Waals surface area contributed by atoms with Crippen molar-refractivity contribution in [1.82, 2.24) is 29.4 Å². The van der Waals surface area contributed by atoms with E-state index in [2.05, 4.69) is 19.9 Å². The number of ether oxygens (including phenoxy) is 2. The number of nitrogens with zero attached hydrogens (tertiary/aromatic N) is 6. The van der Waals surface area contributed by atoms with Crippen molar-refractivity contribution in [2.24, 2.45) is 0 Å². The first-order chi connectivity index (χ1) is 16.2. The van der Waals surface area contributed by atoms with Crippen LogP contribution in [0.15, 0.2) is 67.6 Å². The van der Waals surface area contributed by atoms with Gasteiger partial charge in [-0.3, -0.25) is 19.3 Å². The van der Waals surface area contributed by atoms with Crippen LogP contribution in [0, 0.1) is 0 Å². The standard InChI is InChI=1S/C24H22N6O3/c1-32-20-4-3-19(26-12-20)15-33-21-10-18-14-29(8-6-22(18)27-13-21)24(31)17-2-5-23(28-11-17)30-9-7-25-16-30/h2-5,7,9-13,16H,6,8,14-15H2,1H3. The molecular formula is C24H22N6O3. The Morgan fingerprint density at radius 2 is 1.97 bits per heavy atom. The quantitative estimate of drug-likeness (QED) is 0.453. The lowest BCUT2D eigenvalue weighted by Crippen LogP contribution is -2.36. The second-order valence-electron chi connectivity index (χ2n) is 7.61. The van der Waals surface area contributed by atoms with Crippen LogP contribution < -0.4 is 9.47 Å². The van der Waals surface area contributed by atoms with Gasteiger partial charge in [0.1, 0.15) is 30.3 Å². The van der Waals surface area contributed by atoms with Crippen molar-refractivity contribution in [3.63, 3.8) is 0 Å². The zero-order valence-corrected chi connectivity index (χ0v) is 18.1. The summed E-state index contributed by atoms with van der Waals surface area (Å²) in [6.45, 7) is 1.41. The van der Waals surface area contributed by atoms with E-state index in [9.17, 15) is 4.79 Å². The second-order valence-corrected chi connectivity index (χ2v) is 7.61. The highest BCUT2D eigenvalue weighted by atomic mass is 16.5. The number of carbonyl (C=O) groups excluding carboxylic acids is 1.